The number of alkyl halides is 1. The first-order valence-electron chi connectivity index (χ1n) is 7.58. The molecule has 0 amide bonds. The Morgan fingerprint density at radius 1 is 1.33 bits per heavy atom. The molecule has 21 heavy (non-hydrogen) atoms. The highest BCUT2D eigenvalue weighted by Gasteiger charge is 2.19. The number of hydrogen-bond acceptors (Lipinski definition) is 3. The molecule has 0 aliphatic heterocycles. The molecule has 0 aliphatic rings. The van der Waals surface area contributed by atoms with E-state index in [1.807, 2.05) is 23.5 Å². The molecule has 1 atom stereocenters. The van der Waals surface area contributed by atoms with Crippen molar-refractivity contribution in [3.8, 4) is 0 Å². The van der Waals surface area contributed by atoms with Gasteiger partial charge in [0.25, 0.3) is 0 Å². The van der Waals surface area contributed by atoms with Crippen LogP contribution in [0.4, 0.5) is 0 Å². The topological polar surface area (TPSA) is 35.6 Å². The van der Waals surface area contributed by atoms with Crippen LogP contribution in [-0.4, -0.2) is 37.2 Å². The molecule has 2 aromatic rings. The fourth-order valence-corrected chi connectivity index (χ4v) is 3.65. The molecule has 0 spiro atoms. The number of aryl methyl sites for hydroxylation is 3. The summed E-state index contributed by atoms with van der Waals surface area (Å²) in [6, 6.07) is 0. The van der Waals surface area contributed by atoms with Crippen molar-refractivity contribution in [2.24, 2.45) is 13.0 Å². The van der Waals surface area contributed by atoms with Crippen molar-refractivity contribution < 1.29 is 0 Å². The van der Waals surface area contributed by atoms with E-state index in [2.05, 4.69) is 29.8 Å². The van der Waals surface area contributed by atoms with E-state index < -0.39 is 0 Å². The summed E-state index contributed by atoms with van der Waals surface area (Å²) in [6.07, 6.45) is 5.04. The third kappa shape index (κ3) is 3.57. The van der Waals surface area contributed by atoms with Gasteiger partial charge in [0.05, 0.1) is 5.69 Å². The second-order valence-electron chi connectivity index (χ2n) is 5.63. The summed E-state index contributed by atoms with van der Waals surface area (Å²) >= 11 is 7.85. The first kappa shape index (κ1) is 16.7. The Balaban J connectivity index is 2.46. The molecule has 2 rings (SSSR count). The maximum atomic E-state index is 5.96. The van der Waals surface area contributed by atoms with Gasteiger partial charge in [-0.15, -0.1) is 11.6 Å². The van der Waals surface area contributed by atoms with Gasteiger partial charge >= 0.3 is 0 Å². The van der Waals surface area contributed by atoms with Gasteiger partial charge in [-0.05, 0) is 24.3 Å². The average Bonchev–Trinajstić information content (AvgIpc) is 2.91. The minimum atomic E-state index is 0.607. The maximum Gasteiger partial charge on any atom is 0.158 e. The smallest absolute Gasteiger partial charge is 0.158 e. The molecule has 0 aliphatic carbocycles. The molecular formula is C15H25ClN4S. The van der Waals surface area contributed by atoms with Crippen molar-refractivity contribution in [3.05, 3.63) is 11.5 Å². The molecule has 0 saturated carbocycles. The summed E-state index contributed by atoms with van der Waals surface area (Å²) in [6.45, 7) is 5.45. The Kier molecular flexibility index (Phi) is 5.99. The van der Waals surface area contributed by atoms with Gasteiger partial charge in [-0.1, -0.05) is 20.3 Å². The molecule has 6 heteroatoms. The van der Waals surface area contributed by atoms with Crippen molar-refractivity contribution in [3.63, 3.8) is 0 Å². The quantitative estimate of drug-likeness (QED) is 0.696. The zero-order valence-electron chi connectivity index (χ0n) is 13.4. The second kappa shape index (κ2) is 7.54. The molecule has 0 saturated heterocycles. The third-order valence-corrected chi connectivity index (χ3v) is 4.71. The minimum absolute atomic E-state index is 0.607. The highest BCUT2D eigenvalue weighted by atomic mass is 35.5. The van der Waals surface area contributed by atoms with Crippen LogP contribution in [0.15, 0.2) is 0 Å². The van der Waals surface area contributed by atoms with Crippen LogP contribution in [0.5, 0.6) is 0 Å². The Morgan fingerprint density at radius 2 is 2.10 bits per heavy atom. The maximum absolute atomic E-state index is 5.96. The zero-order valence-corrected chi connectivity index (χ0v) is 15.0. The number of thioether (sulfide) groups is 1. The van der Waals surface area contributed by atoms with Crippen LogP contribution in [0.1, 0.15) is 31.8 Å². The van der Waals surface area contributed by atoms with Crippen LogP contribution in [0.25, 0.3) is 11.2 Å². The van der Waals surface area contributed by atoms with Gasteiger partial charge in [-0.25, -0.2) is 4.98 Å². The summed E-state index contributed by atoms with van der Waals surface area (Å²) in [5, 5.41) is 4.65. The van der Waals surface area contributed by atoms with E-state index in [1.165, 1.54) is 0 Å². The largest absolute Gasteiger partial charge is 0.313 e. The average molecular weight is 329 g/mol. The minimum Gasteiger partial charge on any atom is -0.313 e. The highest BCUT2D eigenvalue weighted by molar-refractivity contribution is 7.98. The predicted octanol–water partition coefficient (Wildman–Crippen LogP) is 3.50. The Bertz CT molecular complexity index is 590. The van der Waals surface area contributed by atoms with Crippen molar-refractivity contribution >= 4 is 34.5 Å². The van der Waals surface area contributed by atoms with Crippen molar-refractivity contribution in [1.82, 2.24) is 19.3 Å². The van der Waals surface area contributed by atoms with E-state index in [0.717, 1.165) is 54.2 Å². The lowest BCUT2D eigenvalue weighted by atomic mass is 10.2. The molecular weight excluding hydrogens is 304 g/mol. The molecule has 4 nitrogen and oxygen atoms in total. The number of halogens is 1. The van der Waals surface area contributed by atoms with Gasteiger partial charge in [0, 0.05) is 25.9 Å². The molecule has 1 unspecified atom stereocenters. The van der Waals surface area contributed by atoms with Gasteiger partial charge in [-0.2, -0.15) is 16.9 Å². The molecule has 0 aromatic carbocycles. The Labute approximate surface area is 136 Å². The fourth-order valence-electron chi connectivity index (χ4n) is 2.81. The van der Waals surface area contributed by atoms with Crippen LogP contribution in [-0.2, 0) is 26.4 Å². The van der Waals surface area contributed by atoms with Crippen molar-refractivity contribution in [1.29, 1.82) is 0 Å². The highest BCUT2D eigenvalue weighted by Crippen LogP contribution is 2.23. The number of imidazole rings is 1. The molecule has 0 fully saturated rings. The summed E-state index contributed by atoms with van der Waals surface area (Å²) < 4.78 is 4.31. The lowest BCUT2D eigenvalue weighted by Crippen LogP contribution is -2.15. The third-order valence-electron chi connectivity index (χ3n) is 3.62. The van der Waals surface area contributed by atoms with E-state index in [-0.39, 0.29) is 0 Å². The van der Waals surface area contributed by atoms with E-state index in [1.54, 1.807) is 0 Å². The van der Waals surface area contributed by atoms with Crippen LogP contribution in [0.2, 0.25) is 0 Å². The van der Waals surface area contributed by atoms with E-state index in [4.69, 9.17) is 16.6 Å². The van der Waals surface area contributed by atoms with Gasteiger partial charge < -0.3 is 4.57 Å². The predicted molar refractivity (Wildman–Crippen MR) is 92.5 cm³/mol. The van der Waals surface area contributed by atoms with Gasteiger partial charge in [0.2, 0.25) is 0 Å². The number of hydrogen-bond donors (Lipinski definition) is 0. The summed E-state index contributed by atoms with van der Waals surface area (Å²) in [5.74, 6) is 3.46. The lowest BCUT2D eigenvalue weighted by molar-refractivity contribution is 0.516. The summed E-state index contributed by atoms with van der Waals surface area (Å²) in [4.78, 5) is 4.84. The summed E-state index contributed by atoms with van der Waals surface area (Å²) in [5.41, 5.74) is 3.32. The molecule has 0 bridgehead atoms. The van der Waals surface area contributed by atoms with Crippen LogP contribution < -0.4 is 0 Å². The number of fused-ring (bicyclic) bond motifs is 1. The first-order valence-corrected chi connectivity index (χ1v) is 9.51. The van der Waals surface area contributed by atoms with E-state index in [9.17, 15) is 0 Å². The number of nitrogens with zero attached hydrogens (tertiary/aromatic N) is 4. The SMILES string of the molecule is CCCc1nn(C)c2c1nc(CCCl)n2CC(C)CSC. The molecule has 2 heterocycles. The Hall–Kier alpha value is -0.680. The summed E-state index contributed by atoms with van der Waals surface area (Å²) in [7, 11) is 2.02. The Morgan fingerprint density at radius 3 is 2.71 bits per heavy atom. The van der Waals surface area contributed by atoms with Gasteiger partial charge in [-0.3, -0.25) is 4.68 Å². The van der Waals surface area contributed by atoms with E-state index >= 15 is 0 Å². The molecule has 0 N–H and O–H groups in total. The van der Waals surface area contributed by atoms with Crippen LogP contribution >= 0.6 is 23.4 Å². The number of rotatable bonds is 8. The molecule has 118 valence electrons. The monoisotopic (exact) mass is 328 g/mol. The normalized spacial score (nSPS) is 13.2. The number of aromatic nitrogens is 4. The van der Waals surface area contributed by atoms with Crippen LogP contribution in [0, 0.1) is 5.92 Å². The van der Waals surface area contributed by atoms with Crippen molar-refractivity contribution in [2.45, 2.75) is 39.7 Å². The fraction of sp³-hybridized carbons (Fsp3) is 0.733. The van der Waals surface area contributed by atoms with Crippen molar-refractivity contribution in [2.75, 3.05) is 17.9 Å². The second-order valence-corrected chi connectivity index (χ2v) is 6.92. The molecule has 0 radical (unpaired) electrons. The van der Waals surface area contributed by atoms with Crippen LogP contribution in [0.3, 0.4) is 0 Å². The molecule has 2 aromatic heterocycles. The van der Waals surface area contributed by atoms with Gasteiger partial charge in [0.1, 0.15) is 11.3 Å². The van der Waals surface area contributed by atoms with E-state index in [0.29, 0.717) is 11.8 Å². The standard InChI is InChI=1S/C15H25ClN4S/c1-5-6-12-14-15(19(3)18-12)20(9-11(2)10-21-4)13(17-14)7-8-16/h11H,5-10H2,1-4H3. The zero-order chi connectivity index (χ0) is 15.4. The lowest BCUT2D eigenvalue weighted by Gasteiger charge is -2.14. The van der Waals surface area contributed by atoms with Gasteiger partial charge in [0.15, 0.2) is 5.65 Å². The first-order chi connectivity index (χ1) is 10.1.